The summed E-state index contributed by atoms with van der Waals surface area (Å²) in [5.74, 6) is -0.272. The Bertz CT molecular complexity index is 1640. The number of benzene rings is 2. The Morgan fingerprint density at radius 1 is 1.07 bits per heavy atom. The number of rotatable bonds is 7. The summed E-state index contributed by atoms with van der Waals surface area (Å²) in [5.41, 5.74) is 4.43. The standard InChI is InChI=1S/C31H30F3N5O2S/c1-18-15-21(12-13-24(18)36-27(40)17-41-4)39-29(28(37-30(39)42)25-10-7-8-14-35-25)22-16-19(2)38(20(22)3)26-11-6-5-9-23(26)31(32,33)34/h5-16,28-29H,17H2,1-4H3,(H,36,40)(H,37,42)/t28-,29+/m0/s1. The number of carbonyl (C=O) groups is 1. The number of carbonyl (C=O) groups excluding carboxylic acids is 1. The van der Waals surface area contributed by atoms with E-state index in [9.17, 15) is 18.0 Å². The van der Waals surface area contributed by atoms with Crippen molar-refractivity contribution >= 4 is 34.6 Å². The van der Waals surface area contributed by atoms with Crippen molar-refractivity contribution in [3.63, 3.8) is 0 Å². The predicted molar refractivity (Wildman–Crippen MR) is 160 cm³/mol. The number of thiocarbonyl (C=S) groups is 1. The van der Waals surface area contributed by atoms with Crippen molar-refractivity contribution in [3.05, 3.63) is 107 Å². The van der Waals surface area contributed by atoms with Gasteiger partial charge in [-0.2, -0.15) is 13.2 Å². The van der Waals surface area contributed by atoms with Crippen LogP contribution in [0.2, 0.25) is 0 Å². The van der Waals surface area contributed by atoms with Crippen LogP contribution in [-0.2, 0) is 15.7 Å². The monoisotopic (exact) mass is 593 g/mol. The first-order valence-corrected chi connectivity index (χ1v) is 13.7. The van der Waals surface area contributed by atoms with Crippen LogP contribution in [-0.4, -0.2) is 34.3 Å². The maximum Gasteiger partial charge on any atom is 0.418 e. The minimum Gasteiger partial charge on any atom is -0.375 e. The van der Waals surface area contributed by atoms with E-state index < -0.39 is 17.8 Å². The second kappa shape index (κ2) is 11.6. The Morgan fingerprint density at radius 3 is 2.48 bits per heavy atom. The van der Waals surface area contributed by atoms with Crippen LogP contribution in [0.4, 0.5) is 24.5 Å². The van der Waals surface area contributed by atoms with Gasteiger partial charge in [-0.25, -0.2) is 0 Å². The molecule has 1 saturated heterocycles. The number of nitrogens with one attached hydrogen (secondary N) is 2. The molecule has 7 nitrogen and oxygen atoms in total. The number of alkyl halides is 3. The molecule has 1 aliphatic heterocycles. The van der Waals surface area contributed by atoms with E-state index in [-0.39, 0.29) is 24.2 Å². The third-order valence-corrected chi connectivity index (χ3v) is 7.69. The highest BCUT2D eigenvalue weighted by molar-refractivity contribution is 7.80. The average molecular weight is 594 g/mol. The van der Waals surface area contributed by atoms with E-state index in [1.165, 1.54) is 19.2 Å². The van der Waals surface area contributed by atoms with E-state index in [0.717, 1.165) is 28.6 Å². The summed E-state index contributed by atoms with van der Waals surface area (Å²) < 4.78 is 48.6. The second-order valence-electron chi connectivity index (χ2n) is 10.2. The number of anilines is 2. The molecule has 0 saturated carbocycles. The summed E-state index contributed by atoms with van der Waals surface area (Å²) in [7, 11) is 1.45. The summed E-state index contributed by atoms with van der Waals surface area (Å²) in [4.78, 5) is 18.7. The molecule has 0 radical (unpaired) electrons. The van der Waals surface area contributed by atoms with Crippen LogP contribution in [0.3, 0.4) is 0 Å². The molecule has 0 bridgehead atoms. The van der Waals surface area contributed by atoms with Crippen molar-refractivity contribution in [2.24, 2.45) is 0 Å². The van der Waals surface area contributed by atoms with Crippen LogP contribution >= 0.6 is 12.2 Å². The Labute approximate surface area is 247 Å². The topological polar surface area (TPSA) is 71.4 Å². The zero-order valence-electron chi connectivity index (χ0n) is 23.5. The number of pyridine rings is 1. The van der Waals surface area contributed by atoms with Crippen molar-refractivity contribution in [1.29, 1.82) is 0 Å². The van der Waals surface area contributed by atoms with Crippen molar-refractivity contribution in [3.8, 4) is 5.69 Å². The third kappa shape index (κ3) is 5.49. The summed E-state index contributed by atoms with van der Waals surface area (Å²) >= 11 is 5.85. The van der Waals surface area contributed by atoms with Gasteiger partial charge in [-0.1, -0.05) is 18.2 Å². The first-order chi connectivity index (χ1) is 20.0. The van der Waals surface area contributed by atoms with Gasteiger partial charge >= 0.3 is 6.18 Å². The van der Waals surface area contributed by atoms with Gasteiger partial charge in [0.2, 0.25) is 5.91 Å². The minimum atomic E-state index is -4.52. The number of amides is 1. The molecule has 2 atom stereocenters. The van der Waals surface area contributed by atoms with Gasteiger partial charge in [0.05, 0.1) is 29.0 Å². The number of nitrogens with zero attached hydrogens (tertiary/aromatic N) is 3. The zero-order chi connectivity index (χ0) is 30.2. The van der Waals surface area contributed by atoms with Crippen molar-refractivity contribution in [2.45, 2.75) is 39.0 Å². The second-order valence-corrected chi connectivity index (χ2v) is 10.5. The highest BCUT2D eigenvalue weighted by atomic mass is 32.1. The van der Waals surface area contributed by atoms with Crippen LogP contribution in [0, 0.1) is 20.8 Å². The van der Waals surface area contributed by atoms with Gasteiger partial charge < -0.3 is 24.8 Å². The molecule has 2 aromatic heterocycles. The molecule has 2 aromatic carbocycles. The average Bonchev–Trinajstić information content (AvgIpc) is 3.44. The summed E-state index contributed by atoms with van der Waals surface area (Å²) in [6.45, 7) is 5.43. The third-order valence-electron chi connectivity index (χ3n) is 7.38. The van der Waals surface area contributed by atoms with Crippen LogP contribution in [0.15, 0.2) is 72.9 Å². The van der Waals surface area contributed by atoms with Gasteiger partial charge in [-0.05, 0) is 92.6 Å². The van der Waals surface area contributed by atoms with Gasteiger partial charge in [0.1, 0.15) is 6.61 Å². The SMILES string of the molecule is COCC(=O)Nc1ccc(N2C(=S)N[C@@H](c3ccccn3)[C@H]2c2cc(C)n(-c3ccccc3C(F)(F)F)c2C)cc1C. The molecule has 3 heterocycles. The van der Waals surface area contributed by atoms with Gasteiger partial charge in [0.25, 0.3) is 0 Å². The van der Waals surface area contributed by atoms with Gasteiger partial charge in [-0.3, -0.25) is 9.78 Å². The summed E-state index contributed by atoms with van der Waals surface area (Å²) in [6, 6.07) is 17.9. The lowest BCUT2D eigenvalue weighted by molar-refractivity contribution is -0.137. The number of para-hydroxylation sites is 1. The lowest BCUT2D eigenvalue weighted by Crippen LogP contribution is -2.29. The highest BCUT2D eigenvalue weighted by Crippen LogP contribution is 2.45. The molecule has 1 fully saturated rings. The van der Waals surface area contributed by atoms with Crippen molar-refractivity contribution in [1.82, 2.24) is 14.9 Å². The molecule has 5 rings (SSSR count). The number of methoxy groups -OCH3 is 1. The number of hydrogen-bond donors (Lipinski definition) is 2. The number of halogens is 3. The Kier molecular flexibility index (Phi) is 8.07. The summed E-state index contributed by atoms with van der Waals surface area (Å²) in [5, 5.41) is 6.69. The molecular formula is C31H30F3N5O2S. The maximum absolute atomic E-state index is 14.0. The largest absolute Gasteiger partial charge is 0.418 e. The van der Waals surface area contributed by atoms with Crippen molar-refractivity contribution in [2.75, 3.05) is 23.9 Å². The number of aromatic nitrogens is 2. The van der Waals surface area contributed by atoms with E-state index >= 15 is 0 Å². The lowest BCUT2D eigenvalue weighted by atomic mass is 9.96. The molecule has 0 unspecified atom stereocenters. The van der Waals surface area contributed by atoms with Crippen LogP contribution < -0.4 is 15.5 Å². The van der Waals surface area contributed by atoms with Crippen LogP contribution in [0.5, 0.6) is 0 Å². The van der Waals surface area contributed by atoms with Crippen molar-refractivity contribution < 1.29 is 22.7 Å². The number of aryl methyl sites for hydroxylation is 2. The van der Waals surface area contributed by atoms with E-state index in [2.05, 4.69) is 15.6 Å². The highest BCUT2D eigenvalue weighted by Gasteiger charge is 2.43. The molecule has 1 aliphatic rings. The van der Waals surface area contributed by atoms with Gasteiger partial charge in [0, 0.05) is 36.1 Å². The van der Waals surface area contributed by atoms with Gasteiger partial charge in [-0.15, -0.1) is 0 Å². The van der Waals surface area contributed by atoms with Crippen LogP contribution in [0.25, 0.3) is 5.69 Å². The van der Waals surface area contributed by atoms with Crippen LogP contribution in [0.1, 0.15) is 45.9 Å². The predicted octanol–water partition coefficient (Wildman–Crippen LogP) is 6.58. The molecule has 218 valence electrons. The Hall–Kier alpha value is -4.22. The smallest absolute Gasteiger partial charge is 0.375 e. The summed E-state index contributed by atoms with van der Waals surface area (Å²) in [6.07, 6.45) is -2.82. The molecule has 0 aliphatic carbocycles. The maximum atomic E-state index is 14.0. The molecule has 42 heavy (non-hydrogen) atoms. The first kappa shape index (κ1) is 29.3. The van der Waals surface area contributed by atoms with E-state index in [4.69, 9.17) is 17.0 Å². The van der Waals surface area contributed by atoms with E-state index in [1.807, 2.05) is 55.1 Å². The molecule has 2 N–H and O–H groups in total. The Balaban J connectivity index is 1.64. The van der Waals surface area contributed by atoms with E-state index in [0.29, 0.717) is 22.2 Å². The van der Waals surface area contributed by atoms with Gasteiger partial charge in [0.15, 0.2) is 5.11 Å². The molecule has 1 amide bonds. The molecule has 0 spiro atoms. The van der Waals surface area contributed by atoms with E-state index in [1.54, 1.807) is 29.8 Å². The molecule has 11 heteroatoms. The number of ether oxygens (including phenoxy) is 1. The number of hydrogen-bond acceptors (Lipinski definition) is 4. The minimum absolute atomic E-state index is 0.0627. The lowest BCUT2D eigenvalue weighted by Gasteiger charge is -2.29. The quantitative estimate of drug-likeness (QED) is 0.236. The fourth-order valence-corrected chi connectivity index (χ4v) is 5.92. The fourth-order valence-electron chi connectivity index (χ4n) is 5.57. The first-order valence-electron chi connectivity index (χ1n) is 13.3. The normalized spacial score (nSPS) is 16.9. The Morgan fingerprint density at radius 2 is 1.81 bits per heavy atom. The molecule has 4 aromatic rings. The zero-order valence-corrected chi connectivity index (χ0v) is 24.3. The molecular weight excluding hydrogens is 563 g/mol. The fraction of sp³-hybridized carbons (Fsp3) is 0.258.